The third kappa shape index (κ3) is 2.13. The van der Waals surface area contributed by atoms with Crippen LogP contribution in [0.25, 0.3) is 11.0 Å². The molecule has 0 spiro atoms. The number of hydrogen-bond donors (Lipinski definition) is 1. The van der Waals surface area contributed by atoms with Gasteiger partial charge in [0.05, 0.1) is 17.2 Å². The van der Waals surface area contributed by atoms with E-state index >= 15 is 0 Å². The van der Waals surface area contributed by atoms with Crippen molar-refractivity contribution < 1.29 is 0 Å². The van der Waals surface area contributed by atoms with E-state index in [2.05, 4.69) is 21.9 Å². The maximum Gasteiger partial charge on any atom is 0.145 e. The van der Waals surface area contributed by atoms with Crippen molar-refractivity contribution in [3.8, 4) is 0 Å². The highest BCUT2D eigenvalue weighted by Crippen LogP contribution is 2.11. The molecule has 76 valence electrons. The first kappa shape index (κ1) is 9.65. The Bertz CT molecular complexity index is 479. The topological polar surface area (TPSA) is 37.8 Å². The molecule has 3 nitrogen and oxygen atoms in total. The standard InChI is InChI=1S/C12H13N3/c1-3-9(2)14-12-8-13-10-6-4-5-7-11(10)15-12/h3-9H,1H2,2H3,(H,14,15). The van der Waals surface area contributed by atoms with Gasteiger partial charge in [0.15, 0.2) is 0 Å². The molecule has 1 unspecified atom stereocenters. The molecule has 3 heteroatoms. The van der Waals surface area contributed by atoms with Gasteiger partial charge >= 0.3 is 0 Å². The molecule has 0 amide bonds. The van der Waals surface area contributed by atoms with Gasteiger partial charge in [0.25, 0.3) is 0 Å². The number of anilines is 1. The maximum atomic E-state index is 4.44. The quantitative estimate of drug-likeness (QED) is 0.772. The highest BCUT2D eigenvalue weighted by molar-refractivity contribution is 5.75. The zero-order valence-electron chi connectivity index (χ0n) is 8.64. The average Bonchev–Trinajstić information content (AvgIpc) is 2.29. The molecule has 0 saturated heterocycles. The van der Waals surface area contributed by atoms with Crippen molar-refractivity contribution in [2.45, 2.75) is 13.0 Å². The molecule has 1 aromatic heterocycles. The summed E-state index contributed by atoms with van der Waals surface area (Å²) < 4.78 is 0. The Labute approximate surface area is 88.9 Å². The summed E-state index contributed by atoms with van der Waals surface area (Å²) in [5.74, 6) is 0.779. The molecule has 0 saturated carbocycles. The molecule has 2 rings (SSSR count). The lowest BCUT2D eigenvalue weighted by atomic mass is 10.3. The molecule has 1 aromatic carbocycles. The lowest BCUT2D eigenvalue weighted by Gasteiger charge is -2.09. The number of rotatable bonds is 3. The summed E-state index contributed by atoms with van der Waals surface area (Å²) in [6.45, 7) is 5.73. The summed E-state index contributed by atoms with van der Waals surface area (Å²) in [7, 11) is 0. The van der Waals surface area contributed by atoms with Gasteiger partial charge in [-0.2, -0.15) is 0 Å². The van der Waals surface area contributed by atoms with Crippen LogP contribution in [0.2, 0.25) is 0 Å². The monoisotopic (exact) mass is 199 g/mol. The van der Waals surface area contributed by atoms with Crippen LogP contribution in [0.15, 0.2) is 43.1 Å². The lowest BCUT2D eigenvalue weighted by Crippen LogP contribution is -2.12. The molecule has 0 aliphatic rings. The van der Waals surface area contributed by atoms with Crippen LogP contribution in [0.4, 0.5) is 5.82 Å². The summed E-state index contributed by atoms with van der Waals surface area (Å²) in [5.41, 5.74) is 1.81. The molecule has 0 radical (unpaired) electrons. The molecular formula is C12H13N3. The van der Waals surface area contributed by atoms with Crippen molar-refractivity contribution in [3.05, 3.63) is 43.1 Å². The fourth-order valence-electron chi connectivity index (χ4n) is 1.32. The zero-order valence-corrected chi connectivity index (χ0v) is 8.64. The van der Waals surface area contributed by atoms with Crippen LogP contribution in [0, 0.1) is 0 Å². The number of nitrogens with zero attached hydrogens (tertiary/aromatic N) is 2. The zero-order chi connectivity index (χ0) is 10.7. The van der Waals surface area contributed by atoms with Crippen LogP contribution in [-0.4, -0.2) is 16.0 Å². The second-order valence-corrected chi connectivity index (χ2v) is 3.41. The van der Waals surface area contributed by atoms with Crippen LogP contribution in [0.3, 0.4) is 0 Å². The molecule has 1 atom stereocenters. The minimum absolute atomic E-state index is 0.195. The minimum Gasteiger partial charge on any atom is -0.363 e. The van der Waals surface area contributed by atoms with E-state index in [1.54, 1.807) is 6.20 Å². The molecule has 0 bridgehead atoms. The highest BCUT2D eigenvalue weighted by Gasteiger charge is 2.00. The predicted octanol–water partition coefficient (Wildman–Crippen LogP) is 2.62. The normalized spacial score (nSPS) is 12.3. The number of fused-ring (bicyclic) bond motifs is 1. The molecular weight excluding hydrogens is 186 g/mol. The third-order valence-electron chi connectivity index (χ3n) is 2.18. The number of nitrogens with one attached hydrogen (secondary N) is 1. The maximum absolute atomic E-state index is 4.44. The SMILES string of the molecule is C=CC(C)Nc1cnc2ccccc2n1. The Morgan fingerprint density at radius 2 is 2.07 bits per heavy atom. The van der Waals surface area contributed by atoms with Crippen molar-refractivity contribution in [2.75, 3.05) is 5.32 Å². The van der Waals surface area contributed by atoms with E-state index in [9.17, 15) is 0 Å². The van der Waals surface area contributed by atoms with Crippen molar-refractivity contribution in [3.63, 3.8) is 0 Å². The van der Waals surface area contributed by atoms with Crippen molar-refractivity contribution in [1.82, 2.24) is 9.97 Å². The fraction of sp³-hybridized carbons (Fsp3) is 0.167. The van der Waals surface area contributed by atoms with Crippen LogP contribution in [0.5, 0.6) is 0 Å². The Morgan fingerprint density at radius 3 is 2.80 bits per heavy atom. The molecule has 1 N–H and O–H groups in total. The molecule has 1 heterocycles. The van der Waals surface area contributed by atoms with E-state index in [0.717, 1.165) is 16.9 Å². The van der Waals surface area contributed by atoms with E-state index in [1.807, 2.05) is 37.3 Å². The van der Waals surface area contributed by atoms with Gasteiger partial charge in [0.2, 0.25) is 0 Å². The summed E-state index contributed by atoms with van der Waals surface area (Å²) in [5, 5.41) is 3.19. The first-order chi connectivity index (χ1) is 7.29. The van der Waals surface area contributed by atoms with Crippen LogP contribution in [-0.2, 0) is 0 Å². The van der Waals surface area contributed by atoms with Crippen LogP contribution < -0.4 is 5.32 Å². The Kier molecular flexibility index (Phi) is 2.63. The van der Waals surface area contributed by atoms with E-state index < -0.39 is 0 Å². The number of para-hydroxylation sites is 2. The van der Waals surface area contributed by atoms with E-state index in [0.29, 0.717) is 0 Å². The molecule has 0 aliphatic heterocycles. The summed E-state index contributed by atoms with van der Waals surface area (Å²) in [6.07, 6.45) is 3.57. The molecule has 15 heavy (non-hydrogen) atoms. The van der Waals surface area contributed by atoms with Gasteiger partial charge in [-0.3, -0.25) is 4.98 Å². The lowest BCUT2D eigenvalue weighted by molar-refractivity contribution is 0.983. The summed E-state index contributed by atoms with van der Waals surface area (Å²) in [6, 6.07) is 8.00. The van der Waals surface area contributed by atoms with Gasteiger partial charge in [0.1, 0.15) is 5.82 Å². The number of benzene rings is 1. The summed E-state index contributed by atoms with van der Waals surface area (Å²) in [4.78, 5) is 8.75. The van der Waals surface area contributed by atoms with E-state index in [1.165, 1.54) is 0 Å². The highest BCUT2D eigenvalue weighted by atomic mass is 15.0. The second kappa shape index (κ2) is 4.09. The average molecular weight is 199 g/mol. The van der Waals surface area contributed by atoms with Crippen LogP contribution in [0.1, 0.15) is 6.92 Å². The van der Waals surface area contributed by atoms with Crippen LogP contribution >= 0.6 is 0 Å². The number of aromatic nitrogens is 2. The van der Waals surface area contributed by atoms with Gasteiger partial charge in [-0.05, 0) is 19.1 Å². The van der Waals surface area contributed by atoms with Gasteiger partial charge in [0, 0.05) is 6.04 Å². The first-order valence-electron chi connectivity index (χ1n) is 4.90. The summed E-state index contributed by atoms with van der Waals surface area (Å²) >= 11 is 0. The Balaban J connectivity index is 2.34. The van der Waals surface area contributed by atoms with Gasteiger partial charge in [-0.1, -0.05) is 18.2 Å². The fourth-order valence-corrected chi connectivity index (χ4v) is 1.32. The largest absolute Gasteiger partial charge is 0.363 e. The van der Waals surface area contributed by atoms with Gasteiger partial charge in [-0.25, -0.2) is 4.98 Å². The first-order valence-corrected chi connectivity index (χ1v) is 4.90. The van der Waals surface area contributed by atoms with Crippen molar-refractivity contribution >= 4 is 16.9 Å². The second-order valence-electron chi connectivity index (χ2n) is 3.41. The predicted molar refractivity (Wildman–Crippen MR) is 62.8 cm³/mol. The minimum atomic E-state index is 0.195. The van der Waals surface area contributed by atoms with Gasteiger partial charge < -0.3 is 5.32 Å². The molecule has 0 fully saturated rings. The Hall–Kier alpha value is -1.90. The molecule has 0 aliphatic carbocycles. The van der Waals surface area contributed by atoms with Gasteiger partial charge in [-0.15, -0.1) is 6.58 Å². The third-order valence-corrected chi connectivity index (χ3v) is 2.18. The smallest absolute Gasteiger partial charge is 0.145 e. The van der Waals surface area contributed by atoms with Crippen molar-refractivity contribution in [2.24, 2.45) is 0 Å². The number of hydrogen-bond acceptors (Lipinski definition) is 3. The van der Waals surface area contributed by atoms with E-state index in [4.69, 9.17) is 0 Å². The Morgan fingerprint density at radius 1 is 1.33 bits per heavy atom. The van der Waals surface area contributed by atoms with E-state index in [-0.39, 0.29) is 6.04 Å². The molecule has 2 aromatic rings. The van der Waals surface area contributed by atoms with Crippen molar-refractivity contribution in [1.29, 1.82) is 0 Å².